The highest BCUT2D eigenvalue weighted by Gasteiger charge is 2.41. The van der Waals surface area contributed by atoms with Gasteiger partial charge in [-0.25, -0.2) is 4.98 Å². The van der Waals surface area contributed by atoms with Crippen LogP contribution in [0, 0.1) is 0 Å². The van der Waals surface area contributed by atoms with E-state index in [-0.39, 0.29) is 17.6 Å². The summed E-state index contributed by atoms with van der Waals surface area (Å²) in [7, 11) is 0. The van der Waals surface area contributed by atoms with Gasteiger partial charge in [-0.2, -0.15) is 0 Å². The standard InChI is InChI=1S/C18H23N3O3/c22-17(16-5-4-15(24-16)11-21-9-8-19-13-21)20-14-10-18(23-12-14)6-2-1-3-7-18/h4-5,8-9,13-14H,1-3,6-7,10-12H2,(H,20,22)/t14-/m0/s1. The van der Waals surface area contributed by atoms with Crippen molar-refractivity contribution in [1.29, 1.82) is 0 Å². The molecule has 1 atom stereocenters. The monoisotopic (exact) mass is 329 g/mol. The predicted molar refractivity (Wildman–Crippen MR) is 87.7 cm³/mol. The number of hydrogen-bond donors (Lipinski definition) is 1. The van der Waals surface area contributed by atoms with Crippen LogP contribution in [-0.2, 0) is 11.3 Å². The molecule has 2 fully saturated rings. The van der Waals surface area contributed by atoms with Crippen molar-refractivity contribution in [2.75, 3.05) is 6.61 Å². The maximum Gasteiger partial charge on any atom is 0.287 e. The normalized spacial score (nSPS) is 22.8. The van der Waals surface area contributed by atoms with Gasteiger partial charge in [-0.3, -0.25) is 4.79 Å². The van der Waals surface area contributed by atoms with E-state index < -0.39 is 0 Å². The first-order chi connectivity index (χ1) is 11.7. The largest absolute Gasteiger partial charge is 0.454 e. The average molecular weight is 329 g/mol. The van der Waals surface area contributed by atoms with Crippen molar-refractivity contribution in [2.24, 2.45) is 0 Å². The van der Waals surface area contributed by atoms with Gasteiger partial charge >= 0.3 is 0 Å². The van der Waals surface area contributed by atoms with Gasteiger partial charge < -0.3 is 19.0 Å². The summed E-state index contributed by atoms with van der Waals surface area (Å²) < 4.78 is 13.6. The second-order valence-electron chi connectivity index (χ2n) is 6.93. The molecule has 1 saturated heterocycles. The Morgan fingerprint density at radius 3 is 3.00 bits per heavy atom. The topological polar surface area (TPSA) is 69.3 Å². The summed E-state index contributed by atoms with van der Waals surface area (Å²) in [4.78, 5) is 16.4. The molecule has 2 aromatic rings. The lowest BCUT2D eigenvalue weighted by molar-refractivity contribution is -0.0246. The van der Waals surface area contributed by atoms with E-state index in [0.717, 1.165) is 25.0 Å². The molecule has 1 aliphatic carbocycles. The summed E-state index contributed by atoms with van der Waals surface area (Å²) in [5.41, 5.74) is 0.00590. The molecule has 24 heavy (non-hydrogen) atoms. The summed E-state index contributed by atoms with van der Waals surface area (Å²) in [5.74, 6) is 0.938. The minimum Gasteiger partial charge on any atom is -0.454 e. The third-order valence-corrected chi connectivity index (χ3v) is 5.09. The molecule has 1 amide bonds. The van der Waals surface area contributed by atoms with Crippen LogP contribution in [0.3, 0.4) is 0 Å². The molecular formula is C18H23N3O3. The highest BCUT2D eigenvalue weighted by Crippen LogP contribution is 2.39. The molecule has 0 unspecified atom stereocenters. The fourth-order valence-electron chi connectivity index (χ4n) is 3.88. The average Bonchev–Trinajstić information content (AvgIpc) is 3.32. The first-order valence-electron chi connectivity index (χ1n) is 8.72. The number of carbonyl (C=O) groups is 1. The van der Waals surface area contributed by atoms with Crippen LogP contribution in [0.5, 0.6) is 0 Å². The van der Waals surface area contributed by atoms with Gasteiger partial charge in [0.05, 0.1) is 31.1 Å². The number of hydrogen-bond acceptors (Lipinski definition) is 4. The van der Waals surface area contributed by atoms with Crippen LogP contribution in [0.15, 0.2) is 35.3 Å². The lowest BCUT2D eigenvalue weighted by Gasteiger charge is -2.32. The van der Waals surface area contributed by atoms with E-state index in [1.807, 2.05) is 16.8 Å². The van der Waals surface area contributed by atoms with Crippen LogP contribution in [-0.4, -0.2) is 33.7 Å². The number of amides is 1. The number of nitrogens with zero attached hydrogens (tertiary/aromatic N) is 2. The number of ether oxygens (including phenoxy) is 1. The Balaban J connectivity index is 1.34. The third kappa shape index (κ3) is 3.24. The highest BCUT2D eigenvalue weighted by molar-refractivity contribution is 5.91. The fourth-order valence-corrected chi connectivity index (χ4v) is 3.88. The Labute approximate surface area is 141 Å². The first-order valence-corrected chi connectivity index (χ1v) is 8.72. The highest BCUT2D eigenvalue weighted by atomic mass is 16.5. The number of imidazole rings is 1. The lowest BCUT2D eigenvalue weighted by Crippen LogP contribution is -2.37. The molecule has 1 saturated carbocycles. The maximum atomic E-state index is 12.4. The minimum absolute atomic E-state index is 0.00590. The Morgan fingerprint density at radius 2 is 2.21 bits per heavy atom. The van der Waals surface area contributed by atoms with E-state index in [4.69, 9.17) is 9.15 Å². The van der Waals surface area contributed by atoms with Crippen LogP contribution in [0.25, 0.3) is 0 Å². The number of carbonyl (C=O) groups excluding carboxylic acids is 1. The summed E-state index contributed by atoms with van der Waals surface area (Å²) in [6.45, 7) is 1.18. The van der Waals surface area contributed by atoms with E-state index in [2.05, 4.69) is 10.3 Å². The molecule has 0 radical (unpaired) electrons. The number of rotatable bonds is 4. The van der Waals surface area contributed by atoms with Gasteiger partial charge in [-0.05, 0) is 31.4 Å². The summed E-state index contributed by atoms with van der Waals surface area (Å²) in [6, 6.07) is 3.65. The molecule has 128 valence electrons. The van der Waals surface area contributed by atoms with Crippen LogP contribution >= 0.6 is 0 Å². The zero-order valence-electron chi connectivity index (χ0n) is 13.7. The van der Waals surface area contributed by atoms with E-state index >= 15 is 0 Å². The summed E-state index contributed by atoms with van der Waals surface area (Å²) in [5, 5.41) is 3.06. The molecule has 6 nitrogen and oxygen atoms in total. The molecule has 3 heterocycles. The van der Waals surface area contributed by atoms with Crippen LogP contribution < -0.4 is 5.32 Å². The third-order valence-electron chi connectivity index (χ3n) is 5.09. The molecule has 2 aliphatic rings. The van der Waals surface area contributed by atoms with Crippen molar-refractivity contribution in [2.45, 2.75) is 56.7 Å². The molecule has 6 heteroatoms. The van der Waals surface area contributed by atoms with Crippen molar-refractivity contribution < 1.29 is 13.9 Å². The van der Waals surface area contributed by atoms with Gasteiger partial charge in [0.25, 0.3) is 5.91 Å². The summed E-state index contributed by atoms with van der Waals surface area (Å²) >= 11 is 0. The molecule has 0 aromatic carbocycles. The molecule has 2 aromatic heterocycles. The van der Waals surface area contributed by atoms with Crippen LogP contribution in [0.2, 0.25) is 0 Å². The van der Waals surface area contributed by atoms with Crippen molar-refractivity contribution >= 4 is 5.91 Å². The van der Waals surface area contributed by atoms with Crippen LogP contribution in [0.1, 0.15) is 54.8 Å². The number of furan rings is 1. The molecule has 4 rings (SSSR count). The van der Waals surface area contributed by atoms with E-state index in [0.29, 0.717) is 18.9 Å². The first kappa shape index (κ1) is 15.4. The van der Waals surface area contributed by atoms with Gasteiger partial charge in [0.15, 0.2) is 5.76 Å². The second-order valence-corrected chi connectivity index (χ2v) is 6.93. The van der Waals surface area contributed by atoms with Crippen LogP contribution in [0.4, 0.5) is 0 Å². The Kier molecular flexibility index (Phi) is 4.14. The van der Waals surface area contributed by atoms with Crippen molar-refractivity contribution in [1.82, 2.24) is 14.9 Å². The van der Waals surface area contributed by atoms with E-state index in [1.165, 1.54) is 19.3 Å². The zero-order valence-corrected chi connectivity index (χ0v) is 13.7. The molecule has 0 bridgehead atoms. The van der Waals surface area contributed by atoms with Crippen molar-refractivity contribution in [3.8, 4) is 0 Å². The number of aromatic nitrogens is 2. The second kappa shape index (κ2) is 6.43. The molecular weight excluding hydrogens is 306 g/mol. The van der Waals surface area contributed by atoms with Gasteiger partial charge in [0, 0.05) is 12.4 Å². The Morgan fingerprint density at radius 1 is 1.33 bits per heavy atom. The molecule has 1 N–H and O–H groups in total. The predicted octanol–water partition coefficient (Wildman–Crippen LogP) is 2.75. The number of nitrogens with one attached hydrogen (secondary N) is 1. The van der Waals surface area contributed by atoms with Crippen molar-refractivity contribution in [3.63, 3.8) is 0 Å². The van der Waals surface area contributed by atoms with Gasteiger partial charge in [0.1, 0.15) is 5.76 Å². The molecule has 1 spiro atoms. The van der Waals surface area contributed by atoms with Gasteiger partial charge in [0.2, 0.25) is 0 Å². The quantitative estimate of drug-likeness (QED) is 0.936. The lowest BCUT2D eigenvalue weighted by atomic mass is 9.82. The molecule has 1 aliphatic heterocycles. The van der Waals surface area contributed by atoms with Gasteiger partial charge in [-0.15, -0.1) is 0 Å². The Hall–Kier alpha value is -2.08. The fraction of sp³-hybridized carbons (Fsp3) is 0.556. The van der Waals surface area contributed by atoms with E-state index in [1.54, 1.807) is 18.6 Å². The zero-order chi connectivity index (χ0) is 16.4. The maximum absolute atomic E-state index is 12.4. The minimum atomic E-state index is -0.159. The van der Waals surface area contributed by atoms with E-state index in [9.17, 15) is 4.79 Å². The smallest absolute Gasteiger partial charge is 0.287 e. The van der Waals surface area contributed by atoms with Crippen molar-refractivity contribution in [3.05, 3.63) is 42.4 Å². The SMILES string of the molecule is O=C(N[C@@H]1COC2(CCCCC2)C1)c1ccc(Cn2ccnc2)o1. The summed E-state index contributed by atoms with van der Waals surface area (Å²) in [6.07, 6.45) is 12.2. The Bertz CT molecular complexity index is 686. The van der Waals surface area contributed by atoms with Gasteiger partial charge in [-0.1, -0.05) is 19.3 Å².